The van der Waals surface area contributed by atoms with Gasteiger partial charge in [-0.25, -0.2) is 0 Å². The summed E-state index contributed by atoms with van der Waals surface area (Å²) >= 11 is 0. The minimum absolute atomic E-state index is 0.431. The van der Waals surface area contributed by atoms with Crippen molar-refractivity contribution in [1.82, 2.24) is 10.6 Å². The first-order valence-electron chi connectivity index (χ1n) is 11.4. The zero-order chi connectivity index (χ0) is 19.6. The molecular formula is C25H34N4. The van der Waals surface area contributed by atoms with Gasteiger partial charge in [0.15, 0.2) is 0 Å². The average Bonchev–Trinajstić information content (AvgIpc) is 3.55. The van der Waals surface area contributed by atoms with Gasteiger partial charge in [0.2, 0.25) is 0 Å². The van der Waals surface area contributed by atoms with E-state index in [-0.39, 0.29) is 0 Å². The molecule has 3 fully saturated rings. The third-order valence-electron chi connectivity index (χ3n) is 7.01. The molecule has 1 heterocycles. The van der Waals surface area contributed by atoms with Crippen LogP contribution in [0.3, 0.4) is 0 Å². The van der Waals surface area contributed by atoms with Gasteiger partial charge in [-0.15, -0.1) is 0 Å². The highest BCUT2D eigenvalue weighted by atomic mass is 15.2. The zero-order valence-electron chi connectivity index (χ0n) is 17.3. The summed E-state index contributed by atoms with van der Waals surface area (Å²) in [6.45, 7) is 4.32. The van der Waals surface area contributed by atoms with E-state index >= 15 is 0 Å². The fourth-order valence-corrected chi connectivity index (χ4v) is 5.06. The molecule has 29 heavy (non-hydrogen) atoms. The first kappa shape index (κ1) is 19.1. The molecule has 2 aromatic carbocycles. The van der Waals surface area contributed by atoms with Gasteiger partial charge in [-0.05, 0) is 60.9 Å². The number of nitrogens with two attached hydrogens (primary N) is 1. The molecule has 2 atom stereocenters. The second kappa shape index (κ2) is 8.47. The molecule has 5 rings (SSSR count). The van der Waals surface area contributed by atoms with Crippen LogP contribution < -0.4 is 21.3 Å². The Labute approximate surface area is 174 Å². The molecule has 0 spiro atoms. The van der Waals surface area contributed by atoms with Gasteiger partial charge in [-0.2, -0.15) is 0 Å². The maximum absolute atomic E-state index is 6.04. The van der Waals surface area contributed by atoms with Gasteiger partial charge in [0.1, 0.15) is 0 Å². The number of piperazine rings is 1. The Morgan fingerprint density at radius 1 is 0.897 bits per heavy atom. The molecule has 154 valence electrons. The van der Waals surface area contributed by atoms with Crippen LogP contribution in [0, 0.1) is 0 Å². The minimum Gasteiger partial charge on any atom is -0.369 e. The quantitative estimate of drug-likeness (QED) is 0.732. The molecule has 4 N–H and O–H groups in total. The van der Waals surface area contributed by atoms with Crippen LogP contribution in [0.5, 0.6) is 0 Å². The SMILES string of the molecule is NC1CCC(N[C@H]2CC2c2ccc(-c3cccc(N4CCNCC4)c3)cc2)CC1. The Hall–Kier alpha value is -1.88. The summed E-state index contributed by atoms with van der Waals surface area (Å²) < 4.78 is 0. The van der Waals surface area contributed by atoms with Gasteiger partial charge in [-0.3, -0.25) is 0 Å². The molecule has 0 amide bonds. The molecule has 4 heteroatoms. The molecule has 2 saturated carbocycles. The van der Waals surface area contributed by atoms with E-state index in [0.717, 1.165) is 26.2 Å². The summed E-state index contributed by atoms with van der Waals surface area (Å²) in [5, 5.41) is 7.32. The van der Waals surface area contributed by atoms with Crippen molar-refractivity contribution in [1.29, 1.82) is 0 Å². The lowest BCUT2D eigenvalue weighted by Gasteiger charge is -2.29. The molecular weight excluding hydrogens is 356 g/mol. The molecule has 3 aliphatic rings. The number of nitrogens with one attached hydrogen (secondary N) is 2. The van der Waals surface area contributed by atoms with E-state index in [0.29, 0.717) is 24.0 Å². The largest absolute Gasteiger partial charge is 0.369 e. The topological polar surface area (TPSA) is 53.3 Å². The summed E-state index contributed by atoms with van der Waals surface area (Å²) in [7, 11) is 0. The third kappa shape index (κ3) is 4.50. The van der Waals surface area contributed by atoms with Crippen molar-refractivity contribution >= 4 is 5.69 Å². The molecule has 0 bridgehead atoms. The lowest BCUT2D eigenvalue weighted by Crippen LogP contribution is -2.43. The van der Waals surface area contributed by atoms with Gasteiger partial charge in [0, 0.05) is 55.9 Å². The molecule has 0 radical (unpaired) electrons. The highest BCUT2D eigenvalue weighted by Crippen LogP contribution is 2.42. The van der Waals surface area contributed by atoms with Crippen molar-refractivity contribution in [3.8, 4) is 11.1 Å². The van der Waals surface area contributed by atoms with Crippen LogP contribution in [0.4, 0.5) is 5.69 Å². The average molecular weight is 391 g/mol. The zero-order valence-corrected chi connectivity index (χ0v) is 17.3. The molecule has 2 aromatic rings. The number of hydrogen-bond donors (Lipinski definition) is 3. The summed E-state index contributed by atoms with van der Waals surface area (Å²) in [5.74, 6) is 0.687. The van der Waals surface area contributed by atoms with Crippen LogP contribution in [0.1, 0.15) is 43.6 Å². The summed E-state index contributed by atoms with van der Waals surface area (Å²) in [6, 6.07) is 20.1. The normalized spacial score (nSPS) is 29.6. The number of anilines is 1. The second-order valence-corrected chi connectivity index (χ2v) is 9.14. The monoisotopic (exact) mass is 390 g/mol. The molecule has 4 nitrogen and oxygen atoms in total. The van der Waals surface area contributed by atoms with Gasteiger partial charge >= 0.3 is 0 Å². The van der Waals surface area contributed by atoms with Crippen LogP contribution in [0.2, 0.25) is 0 Å². The molecule has 1 aliphatic heterocycles. The van der Waals surface area contributed by atoms with Gasteiger partial charge in [-0.1, -0.05) is 36.4 Å². The molecule has 0 aromatic heterocycles. The Kier molecular flexibility index (Phi) is 5.58. The van der Waals surface area contributed by atoms with E-state index in [1.165, 1.54) is 54.5 Å². The number of benzene rings is 2. The minimum atomic E-state index is 0.431. The maximum atomic E-state index is 6.04. The van der Waals surface area contributed by atoms with Crippen molar-refractivity contribution in [3.05, 3.63) is 54.1 Å². The first-order chi connectivity index (χ1) is 14.3. The third-order valence-corrected chi connectivity index (χ3v) is 7.01. The predicted octanol–water partition coefficient (Wildman–Crippen LogP) is 3.48. The maximum Gasteiger partial charge on any atom is 0.0373 e. The van der Waals surface area contributed by atoms with E-state index in [9.17, 15) is 0 Å². The van der Waals surface area contributed by atoms with Gasteiger partial charge < -0.3 is 21.3 Å². The van der Waals surface area contributed by atoms with E-state index in [4.69, 9.17) is 5.73 Å². The Balaban J connectivity index is 1.21. The van der Waals surface area contributed by atoms with E-state index < -0.39 is 0 Å². The van der Waals surface area contributed by atoms with E-state index in [2.05, 4.69) is 64.1 Å². The van der Waals surface area contributed by atoms with Crippen molar-refractivity contribution in [2.75, 3.05) is 31.1 Å². The Morgan fingerprint density at radius 2 is 1.66 bits per heavy atom. The lowest BCUT2D eigenvalue weighted by atomic mass is 9.92. The fraction of sp³-hybridized carbons (Fsp3) is 0.520. The highest BCUT2D eigenvalue weighted by Gasteiger charge is 2.39. The Morgan fingerprint density at radius 3 is 2.41 bits per heavy atom. The predicted molar refractivity (Wildman–Crippen MR) is 121 cm³/mol. The Bertz CT molecular complexity index is 804. The first-order valence-corrected chi connectivity index (χ1v) is 11.4. The smallest absolute Gasteiger partial charge is 0.0373 e. The fourth-order valence-electron chi connectivity index (χ4n) is 5.06. The van der Waals surface area contributed by atoms with Crippen molar-refractivity contribution in [3.63, 3.8) is 0 Å². The van der Waals surface area contributed by atoms with Crippen molar-refractivity contribution in [2.45, 2.75) is 56.1 Å². The van der Waals surface area contributed by atoms with E-state index in [1.807, 2.05) is 0 Å². The number of hydrogen-bond acceptors (Lipinski definition) is 4. The second-order valence-electron chi connectivity index (χ2n) is 9.14. The standard InChI is InChI=1S/C25H34N4/c26-21-8-10-22(11-9-21)28-25-17-24(25)19-6-4-18(5-7-19)20-2-1-3-23(16-20)29-14-12-27-13-15-29/h1-7,16,21-22,24-25,27-28H,8-15,17,26H2/t21?,22?,24?,25-/m0/s1. The number of rotatable bonds is 5. The number of nitrogens with zero attached hydrogens (tertiary/aromatic N) is 1. The van der Waals surface area contributed by atoms with E-state index in [1.54, 1.807) is 0 Å². The summed E-state index contributed by atoms with van der Waals surface area (Å²) in [5.41, 5.74) is 11.5. The summed E-state index contributed by atoms with van der Waals surface area (Å²) in [4.78, 5) is 2.48. The van der Waals surface area contributed by atoms with Crippen LogP contribution in [-0.2, 0) is 0 Å². The van der Waals surface area contributed by atoms with Crippen LogP contribution in [-0.4, -0.2) is 44.3 Å². The van der Waals surface area contributed by atoms with Crippen LogP contribution in [0.15, 0.2) is 48.5 Å². The summed E-state index contributed by atoms with van der Waals surface area (Å²) in [6.07, 6.45) is 6.12. The van der Waals surface area contributed by atoms with Crippen LogP contribution >= 0.6 is 0 Å². The molecule has 1 unspecified atom stereocenters. The highest BCUT2D eigenvalue weighted by molar-refractivity contribution is 5.69. The molecule has 2 aliphatic carbocycles. The van der Waals surface area contributed by atoms with Gasteiger partial charge in [0.25, 0.3) is 0 Å². The molecule has 1 saturated heterocycles. The lowest BCUT2D eigenvalue weighted by molar-refractivity contribution is 0.339. The van der Waals surface area contributed by atoms with Gasteiger partial charge in [0.05, 0.1) is 0 Å². The van der Waals surface area contributed by atoms with Crippen molar-refractivity contribution in [2.24, 2.45) is 5.73 Å². The van der Waals surface area contributed by atoms with Crippen molar-refractivity contribution < 1.29 is 0 Å². The van der Waals surface area contributed by atoms with Crippen LogP contribution in [0.25, 0.3) is 11.1 Å².